The molecule has 18 heavy (non-hydrogen) atoms. The van der Waals surface area contributed by atoms with Crippen molar-refractivity contribution in [2.75, 3.05) is 12.9 Å². The first-order chi connectivity index (χ1) is 8.78. The highest BCUT2D eigenvalue weighted by Crippen LogP contribution is 2.29. The van der Waals surface area contributed by atoms with Gasteiger partial charge in [-0.05, 0) is 12.1 Å². The number of ether oxygens (including phenoxy) is 1. The average molecular weight is 278 g/mol. The van der Waals surface area contributed by atoms with Gasteiger partial charge in [0.25, 0.3) is 0 Å². The number of para-hydroxylation sites is 1. The maximum absolute atomic E-state index is 11.4. The Hall–Kier alpha value is -1.40. The van der Waals surface area contributed by atoms with Crippen molar-refractivity contribution in [1.29, 1.82) is 0 Å². The lowest BCUT2D eigenvalue weighted by atomic mass is 10.3. The molecule has 1 aromatic carbocycles. The average Bonchev–Trinajstić information content (AvgIpc) is 3.03. The molecule has 0 amide bonds. The molecule has 0 unspecified atom stereocenters. The minimum absolute atomic E-state index is 0.279. The van der Waals surface area contributed by atoms with Crippen molar-refractivity contribution >= 4 is 44.3 Å². The van der Waals surface area contributed by atoms with Gasteiger partial charge in [-0.2, -0.15) is 0 Å². The van der Waals surface area contributed by atoms with Crippen molar-refractivity contribution in [2.45, 2.75) is 6.04 Å². The van der Waals surface area contributed by atoms with Crippen LogP contribution < -0.4 is 0 Å². The molecule has 0 fully saturated rings. The van der Waals surface area contributed by atoms with Crippen molar-refractivity contribution in [3.8, 4) is 0 Å². The zero-order valence-electron chi connectivity index (χ0n) is 9.62. The Morgan fingerprint density at radius 3 is 3.06 bits per heavy atom. The van der Waals surface area contributed by atoms with Gasteiger partial charge in [-0.1, -0.05) is 12.1 Å². The molecular formula is C12H10N2O2S2. The number of methoxy groups -OCH3 is 1. The van der Waals surface area contributed by atoms with Gasteiger partial charge in [-0.3, -0.25) is 4.99 Å². The summed E-state index contributed by atoms with van der Waals surface area (Å²) in [5.74, 6) is 0.358. The molecule has 3 rings (SSSR count). The number of nitrogens with zero attached hydrogens (tertiary/aromatic N) is 2. The van der Waals surface area contributed by atoms with E-state index in [1.807, 2.05) is 24.3 Å². The molecule has 1 aliphatic rings. The minimum Gasteiger partial charge on any atom is -0.467 e. The normalized spacial score (nSPS) is 18.9. The summed E-state index contributed by atoms with van der Waals surface area (Å²) in [5.41, 5.74) is 0.974. The first-order valence-corrected chi connectivity index (χ1v) is 7.22. The molecule has 6 heteroatoms. The number of hydrogen-bond donors (Lipinski definition) is 0. The first-order valence-electron chi connectivity index (χ1n) is 5.42. The molecule has 2 heterocycles. The number of carbonyl (C=O) groups excluding carboxylic acids is 1. The Morgan fingerprint density at radius 2 is 2.28 bits per heavy atom. The van der Waals surface area contributed by atoms with Crippen LogP contribution in [0.15, 0.2) is 29.3 Å². The number of thioether (sulfide) groups is 1. The van der Waals surface area contributed by atoms with Crippen molar-refractivity contribution in [3.05, 3.63) is 29.3 Å². The molecule has 0 radical (unpaired) electrons. The molecule has 0 spiro atoms. The Bertz CT molecular complexity index is 603. The lowest BCUT2D eigenvalue weighted by Gasteiger charge is -2.00. The van der Waals surface area contributed by atoms with Crippen molar-refractivity contribution in [3.63, 3.8) is 0 Å². The SMILES string of the molecule is COC(=O)[C@H]1CSC(c2nc3ccccc3s2)=N1. The monoisotopic (exact) mass is 278 g/mol. The summed E-state index contributed by atoms with van der Waals surface area (Å²) < 4.78 is 5.84. The molecule has 0 N–H and O–H groups in total. The predicted octanol–water partition coefficient (Wildman–Crippen LogP) is 2.33. The van der Waals surface area contributed by atoms with Crippen LogP contribution in [0.3, 0.4) is 0 Å². The Labute approximate surface area is 112 Å². The molecule has 0 saturated heterocycles. The molecule has 1 aromatic heterocycles. The van der Waals surface area contributed by atoms with E-state index in [-0.39, 0.29) is 12.0 Å². The fourth-order valence-corrected chi connectivity index (χ4v) is 3.77. The Balaban J connectivity index is 1.93. The quantitative estimate of drug-likeness (QED) is 0.791. The third-order valence-corrected chi connectivity index (χ3v) is 4.83. The molecule has 2 aromatic rings. The summed E-state index contributed by atoms with van der Waals surface area (Å²) in [4.78, 5) is 20.3. The number of hydrogen-bond acceptors (Lipinski definition) is 6. The lowest BCUT2D eigenvalue weighted by Crippen LogP contribution is -2.19. The maximum atomic E-state index is 11.4. The number of thiazole rings is 1. The van der Waals surface area contributed by atoms with Gasteiger partial charge >= 0.3 is 5.97 Å². The third kappa shape index (κ3) is 2.02. The largest absolute Gasteiger partial charge is 0.467 e. The van der Waals surface area contributed by atoms with Gasteiger partial charge in [-0.25, -0.2) is 9.78 Å². The third-order valence-electron chi connectivity index (χ3n) is 2.60. The van der Waals surface area contributed by atoms with Gasteiger partial charge in [0.05, 0.1) is 17.3 Å². The zero-order chi connectivity index (χ0) is 12.5. The van der Waals surface area contributed by atoms with E-state index in [9.17, 15) is 4.79 Å². The Kier molecular flexibility index (Phi) is 3.05. The second-order valence-electron chi connectivity index (χ2n) is 3.77. The fraction of sp³-hybridized carbons (Fsp3) is 0.250. The van der Waals surface area contributed by atoms with Crippen LogP contribution in [0.25, 0.3) is 10.2 Å². The summed E-state index contributed by atoms with van der Waals surface area (Å²) in [7, 11) is 1.39. The summed E-state index contributed by atoms with van der Waals surface area (Å²) in [6.07, 6.45) is 0. The van der Waals surface area contributed by atoms with Gasteiger partial charge in [0, 0.05) is 5.75 Å². The molecule has 0 bridgehead atoms. The van der Waals surface area contributed by atoms with Gasteiger partial charge in [-0.15, -0.1) is 23.1 Å². The summed E-state index contributed by atoms with van der Waals surface area (Å²) in [5, 5.41) is 1.72. The van der Waals surface area contributed by atoms with Crippen LogP contribution in [-0.2, 0) is 9.53 Å². The second kappa shape index (κ2) is 4.70. The number of carbonyl (C=O) groups is 1. The van der Waals surface area contributed by atoms with Gasteiger partial charge < -0.3 is 4.74 Å². The highest BCUT2D eigenvalue weighted by atomic mass is 32.2. The lowest BCUT2D eigenvalue weighted by molar-refractivity contribution is -0.141. The predicted molar refractivity (Wildman–Crippen MR) is 74.4 cm³/mol. The number of aromatic nitrogens is 1. The van der Waals surface area contributed by atoms with E-state index in [0.717, 1.165) is 20.3 Å². The van der Waals surface area contributed by atoms with E-state index in [0.29, 0.717) is 5.75 Å². The molecular weight excluding hydrogens is 268 g/mol. The van der Waals surface area contributed by atoms with Crippen molar-refractivity contribution in [1.82, 2.24) is 4.98 Å². The molecule has 4 nitrogen and oxygen atoms in total. The minimum atomic E-state index is -0.387. The highest BCUT2D eigenvalue weighted by molar-refractivity contribution is 8.15. The van der Waals surface area contributed by atoms with Crippen LogP contribution in [0, 0.1) is 0 Å². The summed E-state index contributed by atoms with van der Waals surface area (Å²) in [6, 6.07) is 7.58. The number of esters is 1. The maximum Gasteiger partial charge on any atom is 0.331 e. The van der Waals surface area contributed by atoms with E-state index < -0.39 is 0 Å². The van der Waals surface area contributed by atoms with Crippen LogP contribution in [0.5, 0.6) is 0 Å². The van der Waals surface area contributed by atoms with Crippen molar-refractivity contribution in [2.24, 2.45) is 4.99 Å². The van der Waals surface area contributed by atoms with E-state index in [4.69, 9.17) is 4.74 Å². The topological polar surface area (TPSA) is 51.5 Å². The van der Waals surface area contributed by atoms with Crippen LogP contribution in [-0.4, -0.2) is 34.9 Å². The van der Waals surface area contributed by atoms with E-state index in [2.05, 4.69) is 9.98 Å². The van der Waals surface area contributed by atoms with Crippen LogP contribution in [0.1, 0.15) is 5.01 Å². The van der Waals surface area contributed by atoms with Crippen LogP contribution in [0.4, 0.5) is 0 Å². The first kappa shape index (κ1) is 11.7. The van der Waals surface area contributed by atoms with E-state index in [1.54, 1.807) is 23.1 Å². The van der Waals surface area contributed by atoms with Crippen molar-refractivity contribution < 1.29 is 9.53 Å². The molecule has 0 aliphatic carbocycles. The van der Waals surface area contributed by atoms with Gasteiger partial charge in [0.1, 0.15) is 10.1 Å². The number of fused-ring (bicyclic) bond motifs is 1. The van der Waals surface area contributed by atoms with Crippen LogP contribution >= 0.6 is 23.1 Å². The van der Waals surface area contributed by atoms with Crippen LogP contribution in [0.2, 0.25) is 0 Å². The number of rotatable bonds is 2. The smallest absolute Gasteiger partial charge is 0.331 e. The molecule has 0 saturated carbocycles. The standard InChI is InChI=1S/C12H10N2O2S2/c1-16-12(15)8-6-17-10(14-8)11-13-7-4-2-3-5-9(7)18-11/h2-5,8H,6H2,1H3/t8-/m1/s1. The highest BCUT2D eigenvalue weighted by Gasteiger charge is 2.27. The molecule has 1 atom stereocenters. The second-order valence-corrected chi connectivity index (χ2v) is 5.81. The Morgan fingerprint density at radius 1 is 1.44 bits per heavy atom. The molecule has 92 valence electrons. The molecule has 1 aliphatic heterocycles. The fourth-order valence-electron chi connectivity index (χ4n) is 1.71. The number of aliphatic imine (C=N–C) groups is 1. The van der Waals surface area contributed by atoms with Gasteiger partial charge in [0.15, 0.2) is 6.04 Å². The summed E-state index contributed by atoms with van der Waals surface area (Å²) in [6.45, 7) is 0. The zero-order valence-corrected chi connectivity index (χ0v) is 11.3. The van der Waals surface area contributed by atoms with E-state index in [1.165, 1.54) is 7.11 Å². The van der Waals surface area contributed by atoms with Gasteiger partial charge in [0.2, 0.25) is 0 Å². The number of benzene rings is 1. The summed E-state index contributed by atoms with van der Waals surface area (Å²) >= 11 is 3.16. The van der Waals surface area contributed by atoms with E-state index >= 15 is 0 Å².